The summed E-state index contributed by atoms with van der Waals surface area (Å²) in [6.45, 7) is 24.8. The van der Waals surface area contributed by atoms with Crippen molar-refractivity contribution >= 4 is 71.7 Å². The highest BCUT2D eigenvalue weighted by Gasteiger charge is 2.43. The van der Waals surface area contributed by atoms with E-state index in [0.717, 1.165) is 66.8 Å². The van der Waals surface area contributed by atoms with Gasteiger partial charge in [0.25, 0.3) is 6.71 Å². The van der Waals surface area contributed by atoms with E-state index in [0.29, 0.717) is 0 Å². The van der Waals surface area contributed by atoms with Gasteiger partial charge in [0, 0.05) is 32.3 Å². The SMILES string of the molecule is Cc1cc(C)cc(-c2cc3c4c(c2)Oc2c(cc(N(c5ccc(C(C)(C)C)cc5)c5ccc(C(C)(C)C)cc5)c5c2sc2ccccc25)B4c2cc(C(C)(C)C)ccc2O3)c1. The number of aryl methyl sites for hydroxylation is 2. The highest BCUT2D eigenvalue weighted by molar-refractivity contribution is 7.26. The Balaban J connectivity index is 1.29. The third-order valence-electron chi connectivity index (χ3n) is 12.7. The molecule has 2 aliphatic rings. The Labute approximate surface area is 366 Å². The normalized spacial score (nSPS) is 13.4. The molecule has 0 fully saturated rings. The molecule has 0 unspecified atom stereocenters. The zero-order valence-electron chi connectivity index (χ0n) is 37.4. The van der Waals surface area contributed by atoms with Crippen LogP contribution < -0.4 is 30.8 Å². The monoisotopic (exact) mass is 815 g/mol. The Bertz CT molecular complexity index is 2970. The Kier molecular flexibility index (Phi) is 8.95. The third-order valence-corrected chi connectivity index (χ3v) is 13.9. The van der Waals surface area contributed by atoms with Crippen LogP contribution in [0, 0.1) is 13.8 Å². The molecule has 0 saturated carbocycles. The molecule has 0 saturated heterocycles. The lowest BCUT2D eigenvalue weighted by Gasteiger charge is -2.36. The fourth-order valence-corrected chi connectivity index (χ4v) is 10.6. The first kappa shape index (κ1) is 39.4. The van der Waals surface area contributed by atoms with Gasteiger partial charge in [-0.15, -0.1) is 11.3 Å². The van der Waals surface area contributed by atoms with E-state index in [1.165, 1.54) is 48.8 Å². The Morgan fingerprint density at radius 3 is 1.64 bits per heavy atom. The van der Waals surface area contributed by atoms with Crippen molar-refractivity contribution in [2.24, 2.45) is 0 Å². The summed E-state index contributed by atoms with van der Waals surface area (Å²) in [5.41, 5.74) is 15.4. The number of anilines is 3. The van der Waals surface area contributed by atoms with E-state index in [-0.39, 0.29) is 23.0 Å². The van der Waals surface area contributed by atoms with Crippen LogP contribution in [0.25, 0.3) is 31.3 Å². The minimum Gasteiger partial charge on any atom is -0.458 e. The molecule has 3 nitrogen and oxygen atoms in total. The molecule has 10 rings (SSSR count). The topological polar surface area (TPSA) is 21.7 Å². The summed E-state index contributed by atoms with van der Waals surface area (Å²) < 4.78 is 16.7. The molecule has 3 heterocycles. The molecule has 61 heavy (non-hydrogen) atoms. The Hall–Kier alpha value is -5.78. The van der Waals surface area contributed by atoms with E-state index in [2.05, 4.69) is 208 Å². The van der Waals surface area contributed by atoms with Crippen molar-refractivity contribution in [3.63, 3.8) is 0 Å². The maximum absolute atomic E-state index is 7.37. The molecule has 0 amide bonds. The fraction of sp³-hybridized carbons (Fsp3) is 0.250. The molecule has 0 radical (unpaired) electrons. The molecule has 0 bridgehead atoms. The van der Waals surface area contributed by atoms with E-state index in [9.17, 15) is 0 Å². The molecular weight excluding hydrogens is 761 g/mol. The predicted octanol–water partition coefficient (Wildman–Crippen LogP) is 14.4. The van der Waals surface area contributed by atoms with Gasteiger partial charge in [0.15, 0.2) is 0 Å². The van der Waals surface area contributed by atoms with Crippen molar-refractivity contribution in [3.8, 4) is 34.1 Å². The van der Waals surface area contributed by atoms with Crippen molar-refractivity contribution in [1.82, 2.24) is 0 Å². The van der Waals surface area contributed by atoms with E-state index in [1.807, 2.05) is 11.3 Å². The van der Waals surface area contributed by atoms with E-state index in [4.69, 9.17) is 9.47 Å². The summed E-state index contributed by atoms with van der Waals surface area (Å²) in [5.74, 6) is 3.53. The van der Waals surface area contributed by atoms with E-state index in [1.54, 1.807) is 0 Å². The third kappa shape index (κ3) is 6.73. The minimum absolute atomic E-state index is 0.0309. The summed E-state index contributed by atoms with van der Waals surface area (Å²) in [5, 5.41) is 2.42. The summed E-state index contributed by atoms with van der Waals surface area (Å²) in [6, 6.07) is 47.7. The van der Waals surface area contributed by atoms with Crippen molar-refractivity contribution in [1.29, 1.82) is 0 Å². The van der Waals surface area contributed by atoms with Crippen LogP contribution in [0.3, 0.4) is 0 Å². The van der Waals surface area contributed by atoms with Crippen LogP contribution >= 0.6 is 11.3 Å². The average molecular weight is 816 g/mol. The van der Waals surface area contributed by atoms with Gasteiger partial charge in [0.1, 0.15) is 23.0 Å². The minimum atomic E-state index is -0.116. The van der Waals surface area contributed by atoms with Crippen LogP contribution in [0.2, 0.25) is 0 Å². The smallest absolute Gasteiger partial charge is 0.260 e. The number of hydrogen-bond donors (Lipinski definition) is 0. The van der Waals surface area contributed by atoms with Crippen molar-refractivity contribution in [2.75, 3.05) is 4.90 Å². The molecule has 2 aliphatic heterocycles. The summed E-state index contributed by atoms with van der Waals surface area (Å²) in [4.78, 5) is 2.48. The maximum Gasteiger partial charge on any atom is 0.260 e. The van der Waals surface area contributed by atoms with Gasteiger partial charge in [-0.1, -0.05) is 146 Å². The summed E-state index contributed by atoms with van der Waals surface area (Å²) >= 11 is 1.83. The lowest BCUT2D eigenvalue weighted by atomic mass is 9.34. The highest BCUT2D eigenvalue weighted by Crippen LogP contribution is 2.51. The average Bonchev–Trinajstić information content (AvgIpc) is 3.60. The Morgan fingerprint density at radius 1 is 0.508 bits per heavy atom. The van der Waals surface area contributed by atoms with Crippen LogP contribution in [0.1, 0.15) is 90.1 Å². The van der Waals surface area contributed by atoms with Gasteiger partial charge in [-0.05, 0) is 123 Å². The van der Waals surface area contributed by atoms with E-state index < -0.39 is 0 Å². The van der Waals surface area contributed by atoms with Gasteiger partial charge >= 0.3 is 0 Å². The van der Waals surface area contributed by atoms with E-state index >= 15 is 0 Å². The molecule has 0 atom stereocenters. The van der Waals surface area contributed by atoms with Crippen molar-refractivity contribution < 1.29 is 9.47 Å². The van der Waals surface area contributed by atoms with Crippen molar-refractivity contribution in [3.05, 3.63) is 155 Å². The number of benzene rings is 7. The molecule has 7 aromatic carbocycles. The first-order chi connectivity index (χ1) is 28.9. The zero-order valence-corrected chi connectivity index (χ0v) is 38.2. The number of hydrogen-bond acceptors (Lipinski definition) is 4. The van der Waals surface area contributed by atoms with Crippen LogP contribution in [-0.4, -0.2) is 6.71 Å². The largest absolute Gasteiger partial charge is 0.458 e. The molecule has 1 aromatic heterocycles. The van der Waals surface area contributed by atoms with Gasteiger partial charge in [0.05, 0.1) is 10.4 Å². The molecule has 8 aromatic rings. The molecule has 0 aliphatic carbocycles. The van der Waals surface area contributed by atoms with Gasteiger partial charge in [-0.3, -0.25) is 0 Å². The Morgan fingerprint density at radius 2 is 1.05 bits per heavy atom. The van der Waals surface area contributed by atoms with Crippen LogP contribution in [-0.2, 0) is 16.2 Å². The number of rotatable bonds is 4. The molecular formula is C56H54BNO2S. The lowest BCUT2D eigenvalue weighted by molar-refractivity contribution is 0.467. The highest BCUT2D eigenvalue weighted by atomic mass is 32.1. The van der Waals surface area contributed by atoms with Crippen molar-refractivity contribution in [2.45, 2.75) is 92.4 Å². The predicted molar refractivity (Wildman–Crippen MR) is 263 cm³/mol. The van der Waals surface area contributed by atoms with Crippen LogP contribution in [0.5, 0.6) is 23.0 Å². The first-order valence-corrected chi connectivity index (χ1v) is 22.5. The molecule has 304 valence electrons. The lowest BCUT2D eigenvalue weighted by Crippen LogP contribution is -2.57. The first-order valence-electron chi connectivity index (χ1n) is 21.7. The second kappa shape index (κ2) is 13.9. The van der Waals surface area contributed by atoms with Gasteiger partial charge < -0.3 is 14.4 Å². The number of ether oxygens (including phenoxy) is 2. The van der Waals surface area contributed by atoms with Gasteiger partial charge in [-0.2, -0.15) is 0 Å². The second-order valence-corrected chi connectivity index (χ2v) is 21.5. The number of nitrogens with zero attached hydrogens (tertiary/aromatic N) is 1. The van der Waals surface area contributed by atoms with Gasteiger partial charge in [0.2, 0.25) is 0 Å². The molecule has 5 heteroatoms. The standard InChI is InChI=1S/C56H54BNO2S/c1-33-26-34(2)28-35(27-33)36-29-47-51-48(30-36)60-52-44(57(51)43-31-39(56(9,10)11)20-25-46(43)59-47)32-45(50-42-14-12-13-15-49(42)61-53(50)52)58(40-21-16-37(17-22-40)54(3,4)5)41-23-18-38(19-24-41)55(6,7)8/h12-32H,1-11H3. The summed E-state index contributed by atoms with van der Waals surface area (Å²) in [7, 11) is 0. The zero-order chi connectivity index (χ0) is 42.7. The quantitative estimate of drug-likeness (QED) is 0.165. The van der Waals surface area contributed by atoms with Crippen LogP contribution in [0.4, 0.5) is 17.1 Å². The fourth-order valence-electron chi connectivity index (χ4n) is 9.42. The molecule has 0 spiro atoms. The van der Waals surface area contributed by atoms with Gasteiger partial charge in [-0.25, -0.2) is 0 Å². The maximum atomic E-state index is 7.37. The number of fused-ring (bicyclic) bond motifs is 8. The summed E-state index contributed by atoms with van der Waals surface area (Å²) in [6.07, 6.45) is 0. The second-order valence-electron chi connectivity index (χ2n) is 20.4. The number of thiophene rings is 1. The van der Waals surface area contributed by atoms with Crippen LogP contribution in [0.15, 0.2) is 127 Å². The molecule has 0 N–H and O–H groups in total.